The maximum absolute atomic E-state index is 12.5. The van der Waals surface area contributed by atoms with E-state index in [0.717, 1.165) is 0 Å². The molecule has 1 fully saturated rings. The van der Waals surface area contributed by atoms with Crippen LogP contribution in [0.1, 0.15) is 20.9 Å². The average molecular weight is 453 g/mol. The van der Waals surface area contributed by atoms with Crippen molar-refractivity contribution in [2.45, 2.75) is 0 Å². The van der Waals surface area contributed by atoms with Crippen molar-refractivity contribution in [3.63, 3.8) is 0 Å². The summed E-state index contributed by atoms with van der Waals surface area (Å²) in [5.74, 6) is -0.576. The number of piperazine rings is 1. The molecule has 0 N–H and O–H groups in total. The maximum Gasteiger partial charge on any atom is 0.373 e. The topological polar surface area (TPSA) is 141 Å². The molecule has 0 saturated carbocycles. The lowest BCUT2D eigenvalue weighted by Gasteiger charge is -2.34. The minimum Gasteiger partial charge on any atom is -0.465 e. The van der Waals surface area contributed by atoms with E-state index in [0.29, 0.717) is 26.2 Å². The molecule has 3 heterocycles. The molecule has 170 valence electrons. The van der Waals surface area contributed by atoms with Crippen LogP contribution in [-0.4, -0.2) is 65.0 Å². The fraction of sp³-hybridized carbons (Fsp3) is 0.238. The van der Waals surface area contributed by atoms with Crippen LogP contribution in [0.4, 0.5) is 11.5 Å². The first-order chi connectivity index (χ1) is 16.0. The van der Waals surface area contributed by atoms with Gasteiger partial charge in [0.15, 0.2) is 5.76 Å². The molecule has 0 unspecified atom stereocenters. The Morgan fingerprint density at radius 3 is 2.58 bits per heavy atom. The predicted molar refractivity (Wildman–Crippen MR) is 113 cm³/mol. The Labute approximate surface area is 187 Å². The Balaban J connectivity index is 1.55. The van der Waals surface area contributed by atoms with Crippen molar-refractivity contribution in [2.24, 2.45) is 0 Å². The number of nitrogens with zero attached hydrogens (tertiary/aromatic N) is 5. The Hall–Kier alpha value is -4.48. The van der Waals surface area contributed by atoms with Crippen LogP contribution in [-0.2, 0) is 4.74 Å². The molecule has 12 heteroatoms. The molecular weight excluding hydrogens is 434 g/mol. The van der Waals surface area contributed by atoms with Gasteiger partial charge >= 0.3 is 17.5 Å². The molecule has 4 rings (SSSR count). The van der Waals surface area contributed by atoms with E-state index in [4.69, 9.17) is 9.15 Å². The number of esters is 1. The number of aromatic nitrogens is 2. The normalized spacial score (nSPS) is 13.5. The number of benzene rings is 1. The highest BCUT2D eigenvalue weighted by atomic mass is 16.6. The largest absolute Gasteiger partial charge is 0.465 e. The zero-order chi connectivity index (χ0) is 23.4. The van der Waals surface area contributed by atoms with Crippen molar-refractivity contribution < 1.29 is 28.4 Å². The van der Waals surface area contributed by atoms with Gasteiger partial charge in [0.05, 0.1) is 23.9 Å². The second-order valence-electron chi connectivity index (χ2n) is 6.99. The number of carbonyl (C=O) groups excluding carboxylic acids is 2. The fourth-order valence-electron chi connectivity index (χ4n) is 3.41. The van der Waals surface area contributed by atoms with Gasteiger partial charge in [0.1, 0.15) is 12.1 Å². The first kappa shape index (κ1) is 21.7. The number of methoxy groups -OCH3 is 1. The van der Waals surface area contributed by atoms with Gasteiger partial charge in [0.25, 0.3) is 5.91 Å². The van der Waals surface area contributed by atoms with E-state index in [1.807, 2.05) is 0 Å². The van der Waals surface area contributed by atoms with Crippen LogP contribution >= 0.6 is 0 Å². The Kier molecular flexibility index (Phi) is 6.15. The summed E-state index contributed by atoms with van der Waals surface area (Å²) in [7, 11) is 1.25. The van der Waals surface area contributed by atoms with Gasteiger partial charge in [-0.15, -0.1) is 0 Å². The van der Waals surface area contributed by atoms with Gasteiger partial charge < -0.3 is 23.7 Å². The van der Waals surface area contributed by atoms with Crippen molar-refractivity contribution in [1.29, 1.82) is 0 Å². The van der Waals surface area contributed by atoms with Crippen LogP contribution in [0.5, 0.6) is 11.6 Å². The molecule has 0 atom stereocenters. The highest BCUT2D eigenvalue weighted by Crippen LogP contribution is 2.36. The van der Waals surface area contributed by atoms with E-state index in [1.54, 1.807) is 28.0 Å². The third-order valence-electron chi connectivity index (χ3n) is 5.02. The van der Waals surface area contributed by atoms with Crippen LogP contribution in [0.2, 0.25) is 0 Å². The Morgan fingerprint density at radius 1 is 1.12 bits per heavy atom. The van der Waals surface area contributed by atoms with Gasteiger partial charge in [-0.25, -0.2) is 9.78 Å². The van der Waals surface area contributed by atoms with E-state index in [1.165, 1.54) is 37.9 Å². The molecular formula is C21H19N5O7. The van der Waals surface area contributed by atoms with Gasteiger partial charge in [-0.1, -0.05) is 6.07 Å². The summed E-state index contributed by atoms with van der Waals surface area (Å²) in [6.07, 6.45) is 2.60. The molecule has 3 aromatic rings. The van der Waals surface area contributed by atoms with Crippen LogP contribution in [0, 0.1) is 10.1 Å². The minimum absolute atomic E-state index is 0.0826. The number of carbonyl (C=O) groups is 2. The monoisotopic (exact) mass is 453 g/mol. The van der Waals surface area contributed by atoms with Gasteiger partial charge in [-0.2, -0.15) is 4.98 Å². The molecule has 0 aliphatic carbocycles. The average Bonchev–Trinajstić information content (AvgIpc) is 3.38. The predicted octanol–water partition coefficient (Wildman–Crippen LogP) is 2.52. The second kappa shape index (κ2) is 9.34. The summed E-state index contributed by atoms with van der Waals surface area (Å²) >= 11 is 0. The quantitative estimate of drug-likeness (QED) is 0.310. The molecule has 12 nitrogen and oxygen atoms in total. The highest BCUT2D eigenvalue weighted by Gasteiger charge is 2.32. The molecule has 33 heavy (non-hydrogen) atoms. The zero-order valence-electron chi connectivity index (χ0n) is 17.5. The number of amides is 1. The summed E-state index contributed by atoms with van der Waals surface area (Å²) in [5, 5.41) is 11.9. The molecule has 1 aromatic carbocycles. The zero-order valence-corrected chi connectivity index (χ0v) is 17.5. The van der Waals surface area contributed by atoms with Crippen molar-refractivity contribution in [2.75, 3.05) is 38.2 Å². The van der Waals surface area contributed by atoms with Gasteiger partial charge in [-0.3, -0.25) is 14.9 Å². The lowest BCUT2D eigenvalue weighted by atomic mass is 10.2. The first-order valence-corrected chi connectivity index (χ1v) is 9.91. The molecule has 1 amide bonds. The summed E-state index contributed by atoms with van der Waals surface area (Å²) < 4.78 is 15.5. The summed E-state index contributed by atoms with van der Waals surface area (Å²) in [5.41, 5.74) is -0.184. The summed E-state index contributed by atoms with van der Waals surface area (Å²) in [6.45, 7) is 1.30. The maximum atomic E-state index is 12.5. The molecule has 1 aliphatic rings. The number of furan rings is 1. The van der Waals surface area contributed by atoms with Crippen LogP contribution in [0.25, 0.3) is 0 Å². The lowest BCUT2D eigenvalue weighted by Crippen LogP contribution is -2.49. The molecule has 0 radical (unpaired) electrons. The van der Waals surface area contributed by atoms with Gasteiger partial charge in [-0.05, 0) is 30.3 Å². The van der Waals surface area contributed by atoms with E-state index in [-0.39, 0.29) is 34.7 Å². The van der Waals surface area contributed by atoms with Crippen molar-refractivity contribution >= 4 is 23.4 Å². The third-order valence-corrected chi connectivity index (χ3v) is 5.02. The van der Waals surface area contributed by atoms with Crippen LogP contribution < -0.4 is 9.64 Å². The first-order valence-electron chi connectivity index (χ1n) is 9.91. The number of hydrogen-bond donors (Lipinski definition) is 0. The van der Waals surface area contributed by atoms with E-state index in [2.05, 4.69) is 14.7 Å². The number of rotatable bonds is 6. The summed E-state index contributed by atoms with van der Waals surface area (Å²) in [6, 6.07) is 9.25. The van der Waals surface area contributed by atoms with Crippen molar-refractivity contribution in [1.82, 2.24) is 14.9 Å². The van der Waals surface area contributed by atoms with E-state index < -0.39 is 16.6 Å². The minimum atomic E-state index is -0.616. The Morgan fingerprint density at radius 2 is 1.91 bits per heavy atom. The molecule has 0 spiro atoms. The van der Waals surface area contributed by atoms with E-state index in [9.17, 15) is 19.7 Å². The number of ether oxygens (including phenoxy) is 2. The van der Waals surface area contributed by atoms with Gasteiger partial charge in [0, 0.05) is 26.2 Å². The molecule has 1 saturated heterocycles. The highest BCUT2D eigenvalue weighted by molar-refractivity contribution is 5.91. The van der Waals surface area contributed by atoms with Gasteiger partial charge in [0.2, 0.25) is 5.82 Å². The number of hydrogen-bond acceptors (Lipinski definition) is 10. The van der Waals surface area contributed by atoms with Crippen LogP contribution in [0.3, 0.4) is 0 Å². The standard InChI is InChI=1S/C21H19N5O7/c1-31-21(28)14-4-2-5-15(12-14)33-19-17(26(29)30)18(22-13-23-19)24-7-9-25(10-8-24)20(27)16-6-3-11-32-16/h2-6,11-13H,7-10H2,1H3. The lowest BCUT2D eigenvalue weighted by molar-refractivity contribution is -0.385. The number of anilines is 1. The fourth-order valence-corrected chi connectivity index (χ4v) is 3.41. The molecule has 0 bridgehead atoms. The van der Waals surface area contributed by atoms with Crippen molar-refractivity contribution in [3.05, 3.63) is 70.4 Å². The molecule has 1 aliphatic heterocycles. The van der Waals surface area contributed by atoms with Crippen LogP contribution in [0.15, 0.2) is 53.4 Å². The summed E-state index contributed by atoms with van der Waals surface area (Å²) in [4.78, 5) is 46.8. The second-order valence-corrected chi connectivity index (χ2v) is 6.99. The third kappa shape index (κ3) is 4.59. The van der Waals surface area contributed by atoms with E-state index >= 15 is 0 Å². The number of nitro groups is 1. The SMILES string of the molecule is COC(=O)c1cccc(Oc2ncnc(N3CCN(C(=O)c4ccco4)CC3)c2[N+](=O)[O-])c1. The Bertz CT molecular complexity index is 1170. The smallest absolute Gasteiger partial charge is 0.373 e. The molecule has 2 aromatic heterocycles. The van der Waals surface area contributed by atoms with Crippen molar-refractivity contribution in [3.8, 4) is 11.6 Å².